The highest BCUT2D eigenvalue weighted by atomic mass is 19.1. The van der Waals surface area contributed by atoms with Crippen LogP contribution in [0.2, 0.25) is 0 Å². The Labute approximate surface area is 173 Å². The number of carbonyl (C=O) groups is 2. The number of rotatable bonds is 4. The van der Waals surface area contributed by atoms with Gasteiger partial charge in [0.15, 0.2) is 0 Å². The quantitative estimate of drug-likeness (QED) is 0.805. The molecule has 2 saturated heterocycles. The highest BCUT2D eigenvalue weighted by Crippen LogP contribution is 2.38. The summed E-state index contributed by atoms with van der Waals surface area (Å²) in [7, 11) is 0. The molecule has 2 amide bonds. The third kappa shape index (κ3) is 4.13. The Balaban J connectivity index is 1.36. The molecule has 2 fully saturated rings. The molecular formula is C22H23F2N3O3. The van der Waals surface area contributed by atoms with E-state index in [2.05, 4.69) is 10.3 Å². The Hall–Kier alpha value is -3.03. The molecule has 158 valence electrons. The number of benzene rings is 1. The Morgan fingerprint density at radius 3 is 2.63 bits per heavy atom. The van der Waals surface area contributed by atoms with Crippen molar-refractivity contribution in [3.8, 4) is 11.1 Å². The predicted octanol–water partition coefficient (Wildman–Crippen LogP) is 4.36. The van der Waals surface area contributed by atoms with Crippen molar-refractivity contribution in [3.63, 3.8) is 0 Å². The fraction of sp³-hybridized carbons (Fsp3) is 0.409. The summed E-state index contributed by atoms with van der Waals surface area (Å²) < 4.78 is 32.2. The van der Waals surface area contributed by atoms with Crippen LogP contribution >= 0.6 is 0 Å². The summed E-state index contributed by atoms with van der Waals surface area (Å²) in [5.74, 6) is -0.960. The molecule has 2 aliphatic rings. The van der Waals surface area contributed by atoms with E-state index in [4.69, 9.17) is 4.74 Å². The number of cyclic esters (lactones) is 1. The molecule has 6 nitrogen and oxygen atoms in total. The molecule has 1 N–H and O–H groups in total. The fourth-order valence-electron chi connectivity index (χ4n) is 4.27. The molecule has 3 heterocycles. The molecule has 30 heavy (non-hydrogen) atoms. The largest absolute Gasteiger partial charge is 0.441 e. The van der Waals surface area contributed by atoms with Gasteiger partial charge in [-0.05, 0) is 62.4 Å². The van der Waals surface area contributed by atoms with E-state index in [0.717, 1.165) is 12.5 Å². The number of amides is 2. The highest BCUT2D eigenvalue weighted by Gasteiger charge is 2.50. The van der Waals surface area contributed by atoms with Crippen LogP contribution in [0.25, 0.3) is 11.1 Å². The van der Waals surface area contributed by atoms with Crippen molar-refractivity contribution in [2.45, 2.75) is 44.8 Å². The molecule has 0 radical (unpaired) electrons. The van der Waals surface area contributed by atoms with Gasteiger partial charge in [0.1, 0.15) is 23.1 Å². The number of anilines is 1. The zero-order chi connectivity index (χ0) is 21.5. The van der Waals surface area contributed by atoms with E-state index in [1.807, 2.05) is 13.8 Å². The number of pyridine rings is 1. The van der Waals surface area contributed by atoms with Crippen molar-refractivity contribution in [1.82, 2.24) is 9.88 Å². The van der Waals surface area contributed by atoms with Crippen LogP contribution in [0, 0.1) is 17.6 Å². The van der Waals surface area contributed by atoms with Crippen molar-refractivity contribution < 1.29 is 23.1 Å². The summed E-state index contributed by atoms with van der Waals surface area (Å²) in [6.45, 7) is 4.38. The summed E-state index contributed by atoms with van der Waals surface area (Å²) >= 11 is 0. The molecule has 2 aromatic rings. The third-order valence-corrected chi connectivity index (χ3v) is 5.80. The van der Waals surface area contributed by atoms with Crippen LogP contribution in [0.3, 0.4) is 0 Å². The Kier molecular flexibility index (Phi) is 5.17. The summed E-state index contributed by atoms with van der Waals surface area (Å²) in [4.78, 5) is 30.4. The van der Waals surface area contributed by atoms with Crippen molar-refractivity contribution in [2.75, 3.05) is 11.9 Å². The molecule has 2 aliphatic heterocycles. The molecule has 0 unspecified atom stereocenters. The van der Waals surface area contributed by atoms with Crippen LogP contribution in [0.1, 0.15) is 33.1 Å². The number of hydrogen-bond acceptors (Lipinski definition) is 4. The lowest BCUT2D eigenvalue weighted by Crippen LogP contribution is -2.47. The van der Waals surface area contributed by atoms with E-state index in [9.17, 15) is 18.4 Å². The molecule has 0 bridgehead atoms. The van der Waals surface area contributed by atoms with Crippen LogP contribution in [-0.2, 0) is 9.53 Å². The van der Waals surface area contributed by atoms with E-state index >= 15 is 0 Å². The molecule has 1 aromatic carbocycles. The van der Waals surface area contributed by atoms with Gasteiger partial charge in [0, 0.05) is 30.8 Å². The van der Waals surface area contributed by atoms with Gasteiger partial charge in [0.05, 0.1) is 6.04 Å². The van der Waals surface area contributed by atoms with E-state index in [-0.39, 0.29) is 24.0 Å². The lowest BCUT2D eigenvalue weighted by molar-refractivity contribution is -0.117. The molecule has 0 spiro atoms. The van der Waals surface area contributed by atoms with Gasteiger partial charge in [-0.3, -0.25) is 4.79 Å². The van der Waals surface area contributed by atoms with Gasteiger partial charge in [-0.1, -0.05) is 0 Å². The van der Waals surface area contributed by atoms with Crippen molar-refractivity contribution in [2.24, 2.45) is 5.92 Å². The van der Waals surface area contributed by atoms with Gasteiger partial charge < -0.3 is 15.0 Å². The first-order chi connectivity index (χ1) is 14.2. The number of fused-ring (bicyclic) bond motifs is 1. The first kappa shape index (κ1) is 20.3. The second-order valence-corrected chi connectivity index (χ2v) is 8.41. The highest BCUT2D eigenvalue weighted by molar-refractivity contribution is 5.90. The van der Waals surface area contributed by atoms with Crippen LogP contribution in [0.4, 0.5) is 19.4 Å². The SMILES string of the molecule is CC1(C)OC(=O)N2CC[C@@H](CC(=O)Nc3ccc(-c4cc(F)cc(F)c4)cn3)C[C@H]21. The van der Waals surface area contributed by atoms with Crippen LogP contribution in [-0.4, -0.2) is 40.1 Å². The number of carbonyl (C=O) groups excluding carboxylic acids is 2. The number of nitrogens with one attached hydrogen (secondary N) is 1. The summed E-state index contributed by atoms with van der Waals surface area (Å²) in [5.41, 5.74) is 0.368. The zero-order valence-electron chi connectivity index (χ0n) is 16.8. The van der Waals surface area contributed by atoms with Gasteiger partial charge in [-0.25, -0.2) is 18.6 Å². The third-order valence-electron chi connectivity index (χ3n) is 5.80. The maximum atomic E-state index is 13.4. The first-order valence-electron chi connectivity index (χ1n) is 9.93. The van der Waals surface area contributed by atoms with Crippen LogP contribution < -0.4 is 5.32 Å². The minimum Gasteiger partial charge on any atom is -0.441 e. The average molecular weight is 415 g/mol. The first-order valence-corrected chi connectivity index (χ1v) is 9.93. The number of nitrogens with zero attached hydrogens (tertiary/aromatic N) is 2. The fourth-order valence-corrected chi connectivity index (χ4v) is 4.27. The topological polar surface area (TPSA) is 71.5 Å². The number of piperidine rings is 1. The minimum absolute atomic E-state index is 0.0272. The Morgan fingerprint density at radius 1 is 1.23 bits per heavy atom. The van der Waals surface area contributed by atoms with E-state index in [1.54, 1.807) is 17.0 Å². The van der Waals surface area contributed by atoms with Gasteiger partial charge in [0.2, 0.25) is 5.91 Å². The monoisotopic (exact) mass is 415 g/mol. The smallest absolute Gasteiger partial charge is 0.410 e. The number of ether oxygens (including phenoxy) is 1. The van der Waals surface area contributed by atoms with E-state index in [1.165, 1.54) is 18.3 Å². The van der Waals surface area contributed by atoms with Crippen molar-refractivity contribution in [1.29, 1.82) is 0 Å². The maximum Gasteiger partial charge on any atom is 0.410 e. The van der Waals surface area contributed by atoms with Crippen LogP contribution in [0.15, 0.2) is 36.5 Å². The standard InChI is InChI=1S/C22H23F2N3O3/c1-22(2)18-7-13(5-6-27(18)21(29)30-22)8-20(28)26-19-4-3-14(12-25-19)15-9-16(23)11-17(24)10-15/h3-4,9-13,18H,5-8H2,1-2H3,(H,25,26,28)/t13-,18+/m1/s1. The summed E-state index contributed by atoms with van der Waals surface area (Å²) in [6.07, 6.45) is 2.96. The van der Waals surface area contributed by atoms with Gasteiger partial charge in [-0.15, -0.1) is 0 Å². The molecule has 1 aromatic heterocycles. The molecule has 0 saturated carbocycles. The van der Waals surface area contributed by atoms with Gasteiger partial charge in [0.25, 0.3) is 0 Å². The number of hydrogen-bond donors (Lipinski definition) is 1. The second kappa shape index (κ2) is 7.66. The lowest BCUT2D eigenvalue weighted by atomic mass is 9.82. The van der Waals surface area contributed by atoms with E-state index < -0.39 is 17.2 Å². The molecular weight excluding hydrogens is 392 g/mol. The minimum atomic E-state index is -0.661. The number of halogens is 2. The van der Waals surface area contributed by atoms with Gasteiger partial charge >= 0.3 is 6.09 Å². The van der Waals surface area contributed by atoms with Crippen LogP contribution in [0.5, 0.6) is 0 Å². The normalized spacial score (nSPS) is 22.4. The van der Waals surface area contributed by atoms with E-state index in [0.29, 0.717) is 36.3 Å². The lowest BCUT2D eigenvalue weighted by Gasteiger charge is -2.36. The molecule has 0 aliphatic carbocycles. The maximum absolute atomic E-state index is 13.4. The van der Waals surface area contributed by atoms with Crippen molar-refractivity contribution in [3.05, 3.63) is 48.2 Å². The molecule has 4 rings (SSSR count). The van der Waals surface area contributed by atoms with Gasteiger partial charge in [-0.2, -0.15) is 0 Å². The Morgan fingerprint density at radius 2 is 1.97 bits per heavy atom. The summed E-state index contributed by atoms with van der Waals surface area (Å²) in [6, 6.07) is 6.49. The predicted molar refractivity (Wildman–Crippen MR) is 107 cm³/mol. The molecule has 8 heteroatoms. The summed E-state index contributed by atoms with van der Waals surface area (Å²) in [5, 5.41) is 2.77. The van der Waals surface area contributed by atoms with Crippen molar-refractivity contribution >= 4 is 17.8 Å². The number of aromatic nitrogens is 1. The second-order valence-electron chi connectivity index (χ2n) is 8.41. The zero-order valence-corrected chi connectivity index (χ0v) is 16.8. The Bertz CT molecular complexity index is 958. The molecule has 2 atom stereocenters. The average Bonchev–Trinajstić information content (AvgIpc) is 2.90.